The van der Waals surface area contributed by atoms with Crippen LogP contribution >= 0.6 is 31.9 Å². The van der Waals surface area contributed by atoms with Crippen molar-refractivity contribution in [3.05, 3.63) is 43.2 Å². The average Bonchev–Trinajstić information content (AvgIpc) is 2.59. The Hall–Kier alpha value is -0.900. The molecule has 0 atom stereocenters. The molecule has 0 aliphatic heterocycles. The molecule has 2 aromatic rings. The van der Waals surface area contributed by atoms with Crippen molar-refractivity contribution in [2.45, 2.75) is 11.8 Å². The molecule has 2 N–H and O–H groups in total. The number of aromatic amines is 1. The molecule has 0 unspecified atom stereocenters. The predicted molar refractivity (Wildman–Crippen MR) is 76.3 cm³/mol. The van der Waals surface area contributed by atoms with E-state index in [2.05, 4.69) is 37.0 Å². The fourth-order valence-corrected chi connectivity index (χ4v) is 3.77. The molecule has 6 nitrogen and oxygen atoms in total. The summed E-state index contributed by atoms with van der Waals surface area (Å²) in [5.41, 5.74) is 0.828. The molecule has 0 fully saturated rings. The zero-order chi connectivity index (χ0) is 14.4. The summed E-state index contributed by atoms with van der Waals surface area (Å²) >= 11 is 6.23. The Morgan fingerprint density at radius 1 is 1.21 bits per heavy atom. The van der Waals surface area contributed by atoms with Crippen molar-refractivity contribution in [1.82, 2.24) is 9.78 Å². The number of aryl methyl sites for hydroxylation is 1. The first-order valence-corrected chi connectivity index (χ1v) is 7.98. The Morgan fingerprint density at radius 3 is 2.32 bits per heavy atom. The Morgan fingerprint density at radius 2 is 1.84 bits per heavy atom. The zero-order valence-corrected chi connectivity index (χ0v) is 13.5. The van der Waals surface area contributed by atoms with Crippen LogP contribution in [0.4, 0.5) is 0 Å². The van der Waals surface area contributed by atoms with Gasteiger partial charge in [-0.25, -0.2) is 4.68 Å². The number of H-pyrrole nitrogens is 1. The van der Waals surface area contributed by atoms with Gasteiger partial charge < -0.3 is 0 Å². The van der Waals surface area contributed by atoms with E-state index in [-0.39, 0.29) is 14.9 Å². The maximum atomic E-state index is 11.7. The number of aromatic nitrogens is 2. The van der Waals surface area contributed by atoms with Crippen LogP contribution < -0.4 is 5.56 Å². The van der Waals surface area contributed by atoms with Crippen LogP contribution in [-0.4, -0.2) is 22.8 Å². The molecule has 1 heterocycles. The fraction of sp³-hybridized carbons (Fsp3) is 0.100. The second kappa shape index (κ2) is 4.89. The number of hydrogen-bond acceptors (Lipinski definition) is 3. The highest BCUT2D eigenvalue weighted by atomic mass is 79.9. The van der Waals surface area contributed by atoms with Crippen molar-refractivity contribution in [1.29, 1.82) is 0 Å². The first-order valence-electron chi connectivity index (χ1n) is 4.95. The van der Waals surface area contributed by atoms with Gasteiger partial charge in [-0.2, -0.15) is 8.42 Å². The molecule has 0 bridgehead atoms. The van der Waals surface area contributed by atoms with E-state index < -0.39 is 10.1 Å². The van der Waals surface area contributed by atoms with Gasteiger partial charge in [0, 0.05) is 20.7 Å². The zero-order valence-electron chi connectivity index (χ0n) is 9.52. The fourth-order valence-electron chi connectivity index (χ4n) is 1.58. The van der Waals surface area contributed by atoms with Gasteiger partial charge in [0.25, 0.3) is 15.7 Å². The maximum absolute atomic E-state index is 11.7. The standard InChI is InChI=1S/C10H8Br2N2O4S/c1-5-2-10(15)14(13-5)8-3-7(12)9(4-6(8)11)19(16,17)18/h2-4,13H,1H3,(H,16,17,18). The van der Waals surface area contributed by atoms with Gasteiger partial charge in [0.1, 0.15) is 4.90 Å². The van der Waals surface area contributed by atoms with E-state index in [1.807, 2.05) is 0 Å². The third kappa shape index (κ3) is 2.83. The summed E-state index contributed by atoms with van der Waals surface area (Å²) in [7, 11) is -4.33. The highest BCUT2D eigenvalue weighted by Gasteiger charge is 2.18. The molecule has 0 amide bonds. The topological polar surface area (TPSA) is 92.2 Å². The summed E-state index contributed by atoms with van der Waals surface area (Å²) in [6.07, 6.45) is 0. The summed E-state index contributed by atoms with van der Waals surface area (Å²) in [4.78, 5) is 11.4. The Labute approximate surface area is 125 Å². The average molecular weight is 412 g/mol. The summed E-state index contributed by atoms with van der Waals surface area (Å²) in [6, 6.07) is 4.05. The molecule has 19 heavy (non-hydrogen) atoms. The maximum Gasteiger partial charge on any atom is 0.295 e. The molecule has 1 aromatic carbocycles. The van der Waals surface area contributed by atoms with Crippen LogP contribution in [0.3, 0.4) is 0 Å². The highest BCUT2D eigenvalue weighted by molar-refractivity contribution is 9.11. The van der Waals surface area contributed by atoms with Gasteiger partial charge in [-0.3, -0.25) is 14.4 Å². The molecule has 0 saturated carbocycles. The number of nitrogens with zero attached hydrogens (tertiary/aromatic N) is 1. The second-order valence-corrected chi connectivity index (χ2v) is 6.92. The number of hydrogen-bond donors (Lipinski definition) is 2. The second-order valence-electron chi connectivity index (χ2n) is 3.82. The Kier molecular flexibility index (Phi) is 3.74. The van der Waals surface area contributed by atoms with E-state index in [9.17, 15) is 13.2 Å². The van der Waals surface area contributed by atoms with Crippen molar-refractivity contribution < 1.29 is 13.0 Å². The van der Waals surface area contributed by atoms with Crippen molar-refractivity contribution in [3.63, 3.8) is 0 Å². The lowest BCUT2D eigenvalue weighted by Gasteiger charge is -2.08. The van der Waals surface area contributed by atoms with E-state index in [4.69, 9.17) is 4.55 Å². The molecule has 0 saturated heterocycles. The minimum Gasteiger partial charge on any atom is -0.295 e. The van der Waals surface area contributed by atoms with Gasteiger partial charge >= 0.3 is 0 Å². The summed E-state index contributed by atoms with van der Waals surface area (Å²) < 4.78 is 33.1. The molecule has 0 aliphatic rings. The molecule has 0 spiro atoms. The summed E-state index contributed by atoms with van der Waals surface area (Å²) in [5.74, 6) is 0. The molecule has 0 aliphatic carbocycles. The van der Waals surface area contributed by atoms with Crippen molar-refractivity contribution in [2.24, 2.45) is 0 Å². The third-order valence-corrected chi connectivity index (χ3v) is 4.82. The third-order valence-electron chi connectivity index (χ3n) is 2.37. The van der Waals surface area contributed by atoms with Crippen LogP contribution in [0.2, 0.25) is 0 Å². The minimum atomic E-state index is -4.33. The van der Waals surface area contributed by atoms with Crippen LogP contribution in [0.1, 0.15) is 5.69 Å². The quantitative estimate of drug-likeness (QED) is 0.741. The molecule has 9 heteroatoms. The van der Waals surface area contributed by atoms with Gasteiger partial charge in [0.2, 0.25) is 0 Å². The Bertz CT molecular complexity index is 807. The molecule has 102 valence electrons. The Balaban J connectivity index is 2.72. The van der Waals surface area contributed by atoms with Crippen LogP contribution in [-0.2, 0) is 10.1 Å². The van der Waals surface area contributed by atoms with Crippen LogP contribution in [0, 0.1) is 6.92 Å². The SMILES string of the molecule is Cc1cc(=O)n(-c2cc(Br)c(S(=O)(=O)O)cc2Br)[nH]1. The van der Waals surface area contributed by atoms with Crippen LogP contribution in [0.5, 0.6) is 0 Å². The number of benzene rings is 1. The van der Waals surface area contributed by atoms with E-state index in [0.717, 1.165) is 0 Å². The summed E-state index contributed by atoms with van der Waals surface area (Å²) in [5, 5.41) is 2.83. The molecule has 2 rings (SSSR count). The van der Waals surface area contributed by atoms with Crippen LogP contribution in [0.25, 0.3) is 5.69 Å². The molecular formula is C10H8Br2N2O4S. The van der Waals surface area contributed by atoms with Crippen molar-refractivity contribution in [3.8, 4) is 5.69 Å². The molecule has 0 radical (unpaired) electrons. The van der Waals surface area contributed by atoms with Gasteiger partial charge in [-0.1, -0.05) is 0 Å². The van der Waals surface area contributed by atoms with Gasteiger partial charge in [-0.15, -0.1) is 0 Å². The van der Waals surface area contributed by atoms with Gasteiger partial charge in [0.15, 0.2) is 0 Å². The largest absolute Gasteiger partial charge is 0.295 e. The number of halogens is 2. The van der Waals surface area contributed by atoms with E-state index >= 15 is 0 Å². The van der Waals surface area contributed by atoms with Gasteiger partial charge in [-0.05, 0) is 50.9 Å². The normalized spacial score (nSPS) is 11.8. The van der Waals surface area contributed by atoms with E-state index in [1.54, 1.807) is 6.92 Å². The van der Waals surface area contributed by atoms with Gasteiger partial charge in [0.05, 0.1) is 5.69 Å². The lowest BCUT2D eigenvalue weighted by molar-refractivity contribution is 0.482. The lowest BCUT2D eigenvalue weighted by atomic mass is 10.3. The van der Waals surface area contributed by atoms with E-state index in [0.29, 0.717) is 15.9 Å². The minimum absolute atomic E-state index is 0.160. The first kappa shape index (κ1) is 14.5. The highest BCUT2D eigenvalue weighted by Crippen LogP contribution is 2.30. The van der Waals surface area contributed by atoms with E-state index in [1.165, 1.54) is 22.9 Å². The van der Waals surface area contributed by atoms with Crippen LogP contribution in [0.15, 0.2) is 36.8 Å². The number of rotatable bonds is 2. The predicted octanol–water partition coefficient (Wildman–Crippen LogP) is 2.25. The first-order chi connectivity index (χ1) is 8.70. The smallest absolute Gasteiger partial charge is 0.295 e. The number of nitrogens with one attached hydrogen (secondary N) is 1. The lowest BCUT2D eigenvalue weighted by Crippen LogP contribution is -2.14. The van der Waals surface area contributed by atoms with Crippen molar-refractivity contribution >= 4 is 42.0 Å². The molecular weight excluding hydrogens is 404 g/mol. The van der Waals surface area contributed by atoms with Crippen molar-refractivity contribution in [2.75, 3.05) is 0 Å². The molecule has 1 aromatic heterocycles. The monoisotopic (exact) mass is 410 g/mol. The summed E-state index contributed by atoms with van der Waals surface area (Å²) in [6.45, 7) is 1.73.